The van der Waals surface area contributed by atoms with Crippen LogP contribution in [0.2, 0.25) is 0 Å². The molecule has 5 N–H and O–H groups in total. The van der Waals surface area contributed by atoms with E-state index in [2.05, 4.69) is 33.7 Å². The number of thiophene rings is 1. The number of aryl methyl sites for hydroxylation is 1. The van der Waals surface area contributed by atoms with Crippen molar-refractivity contribution in [3.63, 3.8) is 0 Å². The van der Waals surface area contributed by atoms with Gasteiger partial charge in [0.1, 0.15) is 10.6 Å². The fourth-order valence-electron chi connectivity index (χ4n) is 2.83. The quantitative estimate of drug-likeness (QED) is 0.499. The Labute approximate surface area is 127 Å². The molecule has 2 unspecified atom stereocenters. The van der Waals surface area contributed by atoms with E-state index in [1.165, 1.54) is 4.88 Å². The zero-order valence-corrected chi connectivity index (χ0v) is 12.9. The highest BCUT2D eigenvalue weighted by Crippen LogP contribution is 2.31. The molecule has 0 aromatic carbocycles. The normalized spacial score (nSPS) is 21.9. The van der Waals surface area contributed by atoms with Crippen LogP contribution in [0.15, 0.2) is 6.07 Å². The lowest BCUT2D eigenvalue weighted by molar-refractivity contribution is 0.138. The smallest absolute Gasteiger partial charge is 0.240 e. The molecule has 0 radical (unpaired) electrons. The molecule has 0 aliphatic heterocycles. The van der Waals surface area contributed by atoms with E-state index >= 15 is 0 Å². The molecule has 1 saturated carbocycles. The molecular weight excluding hydrogens is 286 g/mol. The lowest BCUT2D eigenvalue weighted by Gasteiger charge is -2.16. The van der Waals surface area contributed by atoms with E-state index in [4.69, 9.17) is 5.84 Å². The van der Waals surface area contributed by atoms with E-state index in [0.717, 1.165) is 48.3 Å². The number of hydrogen-bond donors (Lipinski definition) is 4. The van der Waals surface area contributed by atoms with Crippen molar-refractivity contribution in [2.75, 3.05) is 17.3 Å². The van der Waals surface area contributed by atoms with E-state index in [9.17, 15) is 5.11 Å². The van der Waals surface area contributed by atoms with Gasteiger partial charge in [0, 0.05) is 17.3 Å². The van der Waals surface area contributed by atoms with Crippen molar-refractivity contribution in [2.24, 2.45) is 11.8 Å². The first-order valence-corrected chi connectivity index (χ1v) is 8.22. The molecule has 21 heavy (non-hydrogen) atoms. The second-order valence-electron chi connectivity index (χ2n) is 5.46. The number of nitrogens with zero attached hydrogens (tertiary/aromatic N) is 2. The zero-order chi connectivity index (χ0) is 14.8. The van der Waals surface area contributed by atoms with Crippen molar-refractivity contribution in [1.29, 1.82) is 0 Å². The maximum Gasteiger partial charge on any atom is 0.240 e. The van der Waals surface area contributed by atoms with Gasteiger partial charge in [0.2, 0.25) is 5.95 Å². The maximum absolute atomic E-state index is 9.92. The highest BCUT2D eigenvalue weighted by atomic mass is 32.1. The number of hydrogen-bond acceptors (Lipinski definition) is 7. The first-order chi connectivity index (χ1) is 10.2. The van der Waals surface area contributed by atoms with Crippen LogP contribution in [0.4, 0.5) is 11.8 Å². The minimum atomic E-state index is -0.199. The van der Waals surface area contributed by atoms with Crippen molar-refractivity contribution in [1.82, 2.24) is 9.97 Å². The number of fused-ring (bicyclic) bond motifs is 1. The summed E-state index contributed by atoms with van der Waals surface area (Å²) in [6.45, 7) is 2.86. The number of aliphatic hydroxyl groups is 1. The van der Waals surface area contributed by atoms with E-state index in [0.29, 0.717) is 11.9 Å². The molecule has 114 valence electrons. The number of anilines is 2. The summed E-state index contributed by atoms with van der Waals surface area (Å²) in [5.41, 5.74) is 2.52. The molecule has 0 spiro atoms. The lowest BCUT2D eigenvalue weighted by atomic mass is 10.1. The molecule has 2 aromatic rings. The van der Waals surface area contributed by atoms with E-state index < -0.39 is 0 Å². The number of nitrogens with two attached hydrogens (primary N) is 1. The molecule has 7 heteroatoms. The van der Waals surface area contributed by atoms with Crippen LogP contribution < -0.4 is 16.6 Å². The molecule has 0 bridgehead atoms. The molecule has 1 aliphatic rings. The molecule has 1 aliphatic carbocycles. The number of nitrogen functional groups attached to an aromatic ring is 1. The van der Waals surface area contributed by atoms with Crippen LogP contribution in [0.1, 0.15) is 31.1 Å². The third-order valence-electron chi connectivity index (χ3n) is 4.07. The Kier molecular flexibility index (Phi) is 4.23. The Balaban J connectivity index is 1.86. The SMILES string of the molecule is CCc1cc2c(NCC3CCCC3O)nc(NN)nc2s1. The second kappa shape index (κ2) is 6.13. The van der Waals surface area contributed by atoms with Crippen LogP contribution in [-0.2, 0) is 6.42 Å². The maximum atomic E-state index is 9.92. The van der Waals surface area contributed by atoms with Crippen molar-refractivity contribution in [3.05, 3.63) is 10.9 Å². The summed E-state index contributed by atoms with van der Waals surface area (Å²) >= 11 is 1.66. The lowest BCUT2D eigenvalue weighted by Crippen LogP contribution is -2.22. The van der Waals surface area contributed by atoms with Crippen LogP contribution in [0.25, 0.3) is 10.2 Å². The Bertz CT molecular complexity index is 629. The predicted octanol–water partition coefficient (Wildman–Crippen LogP) is 2.11. The molecule has 6 nitrogen and oxygen atoms in total. The Morgan fingerprint density at radius 3 is 2.95 bits per heavy atom. The van der Waals surface area contributed by atoms with Crippen molar-refractivity contribution < 1.29 is 5.11 Å². The van der Waals surface area contributed by atoms with Crippen LogP contribution in [0, 0.1) is 5.92 Å². The topological polar surface area (TPSA) is 96.1 Å². The highest BCUT2D eigenvalue weighted by Gasteiger charge is 2.25. The van der Waals surface area contributed by atoms with Gasteiger partial charge in [0.25, 0.3) is 0 Å². The number of rotatable bonds is 5. The summed E-state index contributed by atoms with van der Waals surface area (Å²) in [4.78, 5) is 11.0. The summed E-state index contributed by atoms with van der Waals surface area (Å²) in [6, 6.07) is 2.13. The van der Waals surface area contributed by atoms with Crippen LogP contribution >= 0.6 is 11.3 Å². The van der Waals surface area contributed by atoms with Gasteiger partial charge in [-0.25, -0.2) is 10.8 Å². The molecule has 0 saturated heterocycles. The number of aromatic nitrogens is 2. The standard InChI is InChI=1S/C14H21N5OS/c1-2-9-6-10-12(16-7-8-4-3-5-11(8)20)17-14(19-15)18-13(10)21-9/h6,8,11,20H,2-5,7,15H2,1H3,(H2,16,17,18,19). The van der Waals surface area contributed by atoms with Gasteiger partial charge in [-0.1, -0.05) is 13.3 Å². The third kappa shape index (κ3) is 2.95. The van der Waals surface area contributed by atoms with E-state index in [-0.39, 0.29) is 6.10 Å². The summed E-state index contributed by atoms with van der Waals surface area (Å²) < 4.78 is 0. The van der Waals surface area contributed by atoms with Crippen molar-refractivity contribution in [2.45, 2.75) is 38.7 Å². The minimum absolute atomic E-state index is 0.199. The van der Waals surface area contributed by atoms with E-state index in [1.807, 2.05) is 0 Å². The number of hydrazine groups is 1. The van der Waals surface area contributed by atoms with Crippen LogP contribution in [-0.4, -0.2) is 27.7 Å². The highest BCUT2D eigenvalue weighted by molar-refractivity contribution is 7.18. The first-order valence-electron chi connectivity index (χ1n) is 7.40. The Hall–Kier alpha value is -1.44. The first kappa shape index (κ1) is 14.5. The monoisotopic (exact) mass is 307 g/mol. The minimum Gasteiger partial charge on any atom is -0.393 e. The second-order valence-corrected chi connectivity index (χ2v) is 6.58. The summed E-state index contributed by atoms with van der Waals surface area (Å²) in [5.74, 6) is 6.96. The van der Waals surface area contributed by atoms with Gasteiger partial charge in [0.05, 0.1) is 11.5 Å². The average molecular weight is 307 g/mol. The number of nitrogens with one attached hydrogen (secondary N) is 2. The fourth-order valence-corrected chi connectivity index (χ4v) is 3.80. The Morgan fingerprint density at radius 2 is 2.29 bits per heavy atom. The molecule has 1 fully saturated rings. The molecule has 0 amide bonds. The molecule has 2 heterocycles. The van der Waals surface area contributed by atoms with Gasteiger partial charge in [-0.2, -0.15) is 4.98 Å². The molecule has 2 atom stereocenters. The van der Waals surface area contributed by atoms with Crippen LogP contribution in [0.3, 0.4) is 0 Å². The fraction of sp³-hybridized carbons (Fsp3) is 0.571. The van der Waals surface area contributed by atoms with Gasteiger partial charge in [-0.05, 0) is 25.3 Å². The van der Waals surface area contributed by atoms with Gasteiger partial charge in [-0.15, -0.1) is 11.3 Å². The number of aliphatic hydroxyl groups excluding tert-OH is 1. The van der Waals surface area contributed by atoms with Gasteiger partial charge < -0.3 is 10.4 Å². The predicted molar refractivity (Wildman–Crippen MR) is 86.4 cm³/mol. The van der Waals surface area contributed by atoms with Gasteiger partial charge >= 0.3 is 0 Å². The van der Waals surface area contributed by atoms with Crippen LogP contribution in [0.5, 0.6) is 0 Å². The summed E-state index contributed by atoms with van der Waals surface area (Å²) in [5, 5.41) is 14.3. The molecule has 2 aromatic heterocycles. The Morgan fingerprint density at radius 1 is 1.43 bits per heavy atom. The van der Waals surface area contributed by atoms with Gasteiger partial charge in [0.15, 0.2) is 0 Å². The molecule has 3 rings (SSSR count). The summed E-state index contributed by atoms with van der Waals surface area (Å²) in [7, 11) is 0. The van der Waals surface area contributed by atoms with Crippen molar-refractivity contribution in [3.8, 4) is 0 Å². The van der Waals surface area contributed by atoms with E-state index in [1.54, 1.807) is 11.3 Å². The zero-order valence-electron chi connectivity index (χ0n) is 12.1. The third-order valence-corrected chi connectivity index (χ3v) is 5.25. The molecular formula is C14H21N5OS. The van der Waals surface area contributed by atoms with Crippen molar-refractivity contribution >= 4 is 33.3 Å². The largest absolute Gasteiger partial charge is 0.393 e. The summed E-state index contributed by atoms with van der Waals surface area (Å²) in [6.07, 6.45) is 3.84. The average Bonchev–Trinajstić information content (AvgIpc) is 3.10. The van der Waals surface area contributed by atoms with Gasteiger partial charge in [-0.3, -0.25) is 5.43 Å².